The number of benzene rings is 2. The topological polar surface area (TPSA) is 90.1 Å². The van der Waals surface area contributed by atoms with Crippen molar-refractivity contribution >= 4 is 17.3 Å². The SMILES string of the molecule is Cc1cc([N+](=O)[O-])ccc1C(=O)Nc1cccc(-n2ccnc2)c1. The predicted molar refractivity (Wildman–Crippen MR) is 89.4 cm³/mol. The number of nitrogens with zero attached hydrogens (tertiary/aromatic N) is 3. The van der Waals surface area contributed by atoms with E-state index in [1.807, 2.05) is 22.8 Å². The Hall–Kier alpha value is -3.48. The predicted octanol–water partition coefficient (Wildman–Crippen LogP) is 3.34. The van der Waals surface area contributed by atoms with Crippen LogP contribution in [0, 0.1) is 17.0 Å². The molecule has 1 amide bonds. The first-order valence-electron chi connectivity index (χ1n) is 7.19. The van der Waals surface area contributed by atoms with Gasteiger partial charge in [-0.15, -0.1) is 0 Å². The van der Waals surface area contributed by atoms with Gasteiger partial charge in [-0.05, 0) is 36.8 Å². The van der Waals surface area contributed by atoms with E-state index in [0.29, 0.717) is 16.8 Å². The third kappa shape index (κ3) is 3.14. The first kappa shape index (κ1) is 15.4. The molecule has 0 aliphatic rings. The van der Waals surface area contributed by atoms with E-state index in [2.05, 4.69) is 10.3 Å². The normalized spacial score (nSPS) is 10.4. The third-order valence-electron chi connectivity index (χ3n) is 3.57. The molecule has 0 saturated heterocycles. The first-order chi connectivity index (χ1) is 11.5. The zero-order valence-corrected chi connectivity index (χ0v) is 12.8. The number of imidazole rings is 1. The second kappa shape index (κ2) is 6.33. The Morgan fingerprint density at radius 3 is 2.75 bits per heavy atom. The van der Waals surface area contributed by atoms with Crippen molar-refractivity contribution in [3.8, 4) is 5.69 Å². The van der Waals surface area contributed by atoms with E-state index in [4.69, 9.17) is 0 Å². The maximum atomic E-state index is 12.4. The van der Waals surface area contributed by atoms with Gasteiger partial charge in [0.25, 0.3) is 11.6 Å². The van der Waals surface area contributed by atoms with E-state index in [0.717, 1.165) is 5.69 Å². The van der Waals surface area contributed by atoms with Gasteiger partial charge in [0.05, 0.1) is 11.3 Å². The van der Waals surface area contributed by atoms with Crippen molar-refractivity contribution in [3.05, 3.63) is 82.4 Å². The molecule has 0 radical (unpaired) electrons. The number of hydrogen-bond acceptors (Lipinski definition) is 4. The van der Waals surface area contributed by atoms with Gasteiger partial charge < -0.3 is 9.88 Å². The lowest BCUT2D eigenvalue weighted by Gasteiger charge is -2.09. The molecule has 0 aliphatic heterocycles. The fourth-order valence-corrected chi connectivity index (χ4v) is 2.37. The lowest BCUT2D eigenvalue weighted by Crippen LogP contribution is -2.13. The van der Waals surface area contributed by atoms with Crippen molar-refractivity contribution in [1.82, 2.24) is 9.55 Å². The van der Waals surface area contributed by atoms with Crippen molar-refractivity contribution in [2.45, 2.75) is 6.92 Å². The number of aryl methyl sites for hydroxylation is 1. The van der Waals surface area contributed by atoms with Crippen LogP contribution in [-0.4, -0.2) is 20.4 Å². The smallest absolute Gasteiger partial charge is 0.269 e. The van der Waals surface area contributed by atoms with Crippen LogP contribution in [-0.2, 0) is 0 Å². The Morgan fingerprint density at radius 2 is 2.08 bits per heavy atom. The van der Waals surface area contributed by atoms with E-state index < -0.39 is 4.92 Å². The van der Waals surface area contributed by atoms with Gasteiger partial charge in [0.2, 0.25) is 0 Å². The zero-order valence-electron chi connectivity index (χ0n) is 12.8. The van der Waals surface area contributed by atoms with Crippen LogP contribution in [0.4, 0.5) is 11.4 Å². The van der Waals surface area contributed by atoms with Crippen molar-refractivity contribution in [2.75, 3.05) is 5.32 Å². The molecular formula is C17H14N4O3. The first-order valence-corrected chi connectivity index (χ1v) is 7.19. The summed E-state index contributed by atoms with van der Waals surface area (Å²) in [5, 5.41) is 13.6. The van der Waals surface area contributed by atoms with Gasteiger partial charge in [0.1, 0.15) is 0 Å². The Bertz CT molecular complexity index is 904. The Kier molecular flexibility index (Phi) is 4.07. The molecule has 1 aromatic heterocycles. The highest BCUT2D eigenvalue weighted by Crippen LogP contribution is 2.20. The van der Waals surface area contributed by atoms with Crippen LogP contribution in [0.5, 0.6) is 0 Å². The van der Waals surface area contributed by atoms with Gasteiger partial charge in [0, 0.05) is 41.5 Å². The van der Waals surface area contributed by atoms with Gasteiger partial charge in [-0.2, -0.15) is 0 Å². The van der Waals surface area contributed by atoms with Crippen LogP contribution in [0.3, 0.4) is 0 Å². The number of anilines is 1. The molecule has 3 rings (SSSR count). The van der Waals surface area contributed by atoms with E-state index >= 15 is 0 Å². The third-order valence-corrected chi connectivity index (χ3v) is 3.57. The monoisotopic (exact) mass is 322 g/mol. The molecule has 3 aromatic rings. The Labute approximate surface area is 137 Å². The molecule has 7 nitrogen and oxygen atoms in total. The van der Waals surface area contributed by atoms with E-state index in [-0.39, 0.29) is 11.6 Å². The minimum atomic E-state index is -0.483. The van der Waals surface area contributed by atoms with E-state index in [1.165, 1.54) is 18.2 Å². The number of carbonyl (C=O) groups is 1. The minimum Gasteiger partial charge on any atom is -0.322 e. The highest BCUT2D eigenvalue weighted by Gasteiger charge is 2.14. The molecule has 24 heavy (non-hydrogen) atoms. The number of rotatable bonds is 4. The van der Waals surface area contributed by atoms with E-state index in [1.54, 1.807) is 31.7 Å². The highest BCUT2D eigenvalue weighted by molar-refractivity contribution is 6.05. The molecule has 0 aliphatic carbocycles. The van der Waals surface area contributed by atoms with Gasteiger partial charge in [-0.25, -0.2) is 4.98 Å². The maximum absolute atomic E-state index is 12.4. The van der Waals surface area contributed by atoms with Crippen LogP contribution in [0.2, 0.25) is 0 Å². The lowest BCUT2D eigenvalue weighted by atomic mass is 10.1. The lowest BCUT2D eigenvalue weighted by molar-refractivity contribution is -0.384. The van der Waals surface area contributed by atoms with Crippen LogP contribution >= 0.6 is 0 Å². The summed E-state index contributed by atoms with van der Waals surface area (Å²) in [5.41, 5.74) is 2.40. The van der Waals surface area contributed by atoms with Crippen molar-refractivity contribution in [3.63, 3.8) is 0 Å². The largest absolute Gasteiger partial charge is 0.322 e. The quantitative estimate of drug-likeness (QED) is 0.589. The summed E-state index contributed by atoms with van der Waals surface area (Å²) in [6.45, 7) is 1.67. The average molecular weight is 322 g/mol. The highest BCUT2D eigenvalue weighted by atomic mass is 16.6. The molecule has 0 unspecified atom stereocenters. The molecule has 120 valence electrons. The van der Waals surface area contributed by atoms with Gasteiger partial charge >= 0.3 is 0 Å². The summed E-state index contributed by atoms with van der Waals surface area (Å²) in [4.78, 5) is 26.7. The number of carbonyl (C=O) groups excluding carboxylic acids is 1. The molecule has 0 bridgehead atoms. The van der Waals surface area contributed by atoms with Crippen LogP contribution in [0.1, 0.15) is 15.9 Å². The van der Waals surface area contributed by atoms with Gasteiger partial charge in [-0.1, -0.05) is 6.07 Å². The summed E-state index contributed by atoms with van der Waals surface area (Å²) in [6, 6.07) is 11.5. The number of nitrogens with one attached hydrogen (secondary N) is 1. The fourth-order valence-electron chi connectivity index (χ4n) is 2.37. The van der Waals surface area contributed by atoms with Crippen molar-refractivity contribution in [2.24, 2.45) is 0 Å². The van der Waals surface area contributed by atoms with Crippen LogP contribution in [0.25, 0.3) is 5.69 Å². The summed E-state index contributed by atoms with van der Waals surface area (Å²) in [5.74, 6) is -0.315. The Morgan fingerprint density at radius 1 is 1.25 bits per heavy atom. The number of nitro benzene ring substituents is 1. The molecule has 0 spiro atoms. The zero-order chi connectivity index (χ0) is 17.1. The molecule has 0 fully saturated rings. The molecule has 0 atom stereocenters. The molecule has 0 saturated carbocycles. The van der Waals surface area contributed by atoms with Crippen LogP contribution < -0.4 is 5.32 Å². The molecular weight excluding hydrogens is 308 g/mol. The van der Waals surface area contributed by atoms with Gasteiger partial charge in [0.15, 0.2) is 0 Å². The minimum absolute atomic E-state index is 0.0360. The van der Waals surface area contributed by atoms with Crippen LogP contribution in [0.15, 0.2) is 61.2 Å². The summed E-state index contributed by atoms with van der Waals surface area (Å²) < 4.78 is 1.83. The number of hydrogen-bond donors (Lipinski definition) is 1. The van der Waals surface area contributed by atoms with Crippen molar-refractivity contribution in [1.29, 1.82) is 0 Å². The number of amides is 1. The standard InChI is InChI=1S/C17H14N4O3/c1-12-9-15(21(23)24)5-6-16(12)17(22)19-13-3-2-4-14(10-13)20-8-7-18-11-20/h2-11H,1H3,(H,19,22). The Balaban J connectivity index is 1.83. The van der Waals surface area contributed by atoms with Gasteiger partial charge in [-0.3, -0.25) is 14.9 Å². The molecule has 2 aromatic carbocycles. The summed E-state index contributed by atoms with van der Waals surface area (Å²) in [7, 11) is 0. The summed E-state index contributed by atoms with van der Waals surface area (Å²) in [6.07, 6.45) is 5.15. The average Bonchev–Trinajstić information content (AvgIpc) is 3.09. The number of aromatic nitrogens is 2. The molecule has 1 N–H and O–H groups in total. The van der Waals surface area contributed by atoms with E-state index in [9.17, 15) is 14.9 Å². The fraction of sp³-hybridized carbons (Fsp3) is 0.0588. The maximum Gasteiger partial charge on any atom is 0.269 e. The molecule has 7 heteroatoms. The number of nitro groups is 1. The second-order valence-electron chi connectivity index (χ2n) is 5.23. The second-order valence-corrected chi connectivity index (χ2v) is 5.23. The number of non-ortho nitro benzene ring substituents is 1. The van der Waals surface area contributed by atoms with Crippen molar-refractivity contribution < 1.29 is 9.72 Å². The summed E-state index contributed by atoms with van der Waals surface area (Å²) >= 11 is 0. The molecule has 1 heterocycles.